The molecule has 2 aromatic heterocycles. The Morgan fingerprint density at radius 2 is 1.20 bits per heavy atom. The van der Waals surface area contributed by atoms with Crippen LogP contribution in [0.1, 0.15) is 5.56 Å². The van der Waals surface area contributed by atoms with Crippen molar-refractivity contribution in [2.24, 2.45) is 0 Å². The standard InChI is InChI=1S/C35H19N5/c1-37-28-20-29-35(40-33(23-14-6-3-7-15-23)32(39-29)22-12-4-2-5-13-22)31-30(28)26-18-10-11-19-27(26)38-34(31)25-17-9-8-16-24(25)21-36/h2-20H. The average Bonchev–Trinajstić information content (AvgIpc) is 3.04. The van der Waals surface area contributed by atoms with Crippen LogP contribution in [0.15, 0.2) is 115 Å². The Hall–Kier alpha value is -5.91. The van der Waals surface area contributed by atoms with Gasteiger partial charge in [-0.25, -0.2) is 19.8 Å². The van der Waals surface area contributed by atoms with E-state index in [1.54, 1.807) is 6.07 Å². The van der Waals surface area contributed by atoms with Crippen LogP contribution in [0.3, 0.4) is 0 Å². The van der Waals surface area contributed by atoms with E-state index in [1.165, 1.54) is 0 Å². The van der Waals surface area contributed by atoms with Crippen molar-refractivity contribution in [3.63, 3.8) is 0 Å². The van der Waals surface area contributed by atoms with Crippen LogP contribution in [0.25, 0.3) is 71.3 Å². The maximum Gasteiger partial charge on any atom is 0.197 e. The SMILES string of the molecule is [C-]#[N+]c1cc2nc(-c3ccccc3)c(-c3ccccc3)nc2c2c(-c3ccccc3C#N)nc3ccccc3c12. The van der Waals surface area contributed by atoms with Crippen molar-refractivity contribution in [3.8, 4) is 39.8 Å². The summed E-state index contributed by atoms with van der Waals surface area (Å²) in [4.78, 5) is 19.4. The fourth-order valence-corrected chi connectivity index (χ4v) is 5.31. The van der Waals surface area contributed by atoms with E-state index in [-0.39, 0.29) is 0 Å². The van der Waals surface area contributed by atoms with Crippen molar-refractivity contribution < 1.29 is 0 Å². The van der Waals surface area contributed by atoms with Crippen LogP contribution in [0.2, 0.25) is 0 Å². The van der Waals surface area contributed by atoms with E-state index in [0.29, 0.717) is 38.9 Å². The van der Waals surface area contributed by atoms with Gasteiger partial charge in [-0.15, -0.1) is 0 Å². The molecule has 0 N–H and O–H groups in total. The number of fused-ring (bicyclic) bond motifs is 5. The molecule has 0 radical (unpaired) electrons. The average molecular weight is 510 g/mol. The third kappa shape index (κ3) is 3.66. The molecule has 5 nitrogen and oxygen atoms in total. The lowest BCUT2D eigenvalue weighted by Gasteiger charge is -2.16. The molecule has 0 bridgehead atoms. The van der Waals surface area contributed by atoms with E-state index in [1.807, 2.05) is 109 Å². The quantitative estimate of drug-likeness (QED) is 0.176. The van der Waals surface area contributed by atoms with E-state index in [2.05, 4.69) is 10.9 Å². The second-order valence-corrected chi connectivity index (χ2v) is 9.41. The highest BCUT2D eigenvalue weighted by atomic mass is 14.8. The molecule has 40 heavy (non-hydrogen) atoms. The van der Waals surface area contributed by atoms with E-state index in [9.17, 15) is 5.26 Å². The zero-order chi connectivity index (χ0) is 27.1. The number of nitrogens with zero attached hydrogens (tertiary/aromatic N) is 5. The highest BCUT2D eigenvalue weighted by Gasteiger charge is 2.22. The van der Waals surface area contributed by atoms with Crippen molar-refractivity contribution in [2.75, 3.05) is 0 Å². The topological polar surface area (TPSA) is 66.8 Å². The van der Waals surface area contributed by atoms with E-state index in [4.69, 9.17) is 21.5 Å². The predicted octanol–water partition coefficient (Wildman–Crippen LogP) is 8.75. The summed E-state index contributed by atoms with van der Waals surface area (Å²) in [5, 5.41) is 12.3. The second-order valence-electron chi connectivity index (χ2n) is 9.41. The van der Waals surface area contributed by atoms with Gasteiger partial charge in [0.15, 0.2) is 5.69 Å². The van der Waals surface area contributed by atoms with Gasteiger partial charge in [0, 0.05) is 27.5 Å². The molecule has 0 aliphatic rings. The van der Waals surface area contributed by atoms with Gasteiger partial charge in [-0.05, 0) is 23.6 Å². The van der Waals surface area contributed by atoms with E-state index in [0.717, 1.165) is 38.8 Å². The number of hydrogen-bond acceptors (Lipinski definition) is 4. The molecule has 0 amide bonds. The lowest BCUT2D eigenvalue weighted by Crippen LogP contribution is -1.99. The number of aromatic nitrogens is 3. The molecule has 0 atom stereocenters. The Kier molecular flexibility index (Phi) is 5.48. The van der Waals surface area contributed by atoms with Crippen molar-refractivity contribution in [3.05, 3.63) is 132 Å². The molecule has 5 aromatic carbocycles. The summed E-state index contributed by atoms with van der Waals surface area (Å²) < 4.78 is 0. The van der Waals surface area contributed by atoms with Crippen LogP contribution in [-0.2, 0) is 0 Å². The summed E-state index contributed by atoms with van der Waals surface area (Å²) in [6, 6.07) is 39.3. The summed E-state index contributed by atoms with van der Waals surface area (Å²) in [6.07, 6.45) is 0. The number of benzene rings is 5. The van der Waals surface area contributed by atoms with Crippen molar-refractivity contribution in [2.45, 2.75) is 0 Å². The van der Waals surface area contributed by atoms with E-state index >= 15 is 0 Å². The summed E-state index contributed by atoms with van der Waals surface area (Å²) in [5.41, 5.74) is 7.62. The van der Waals surface area contributed by atoms with Gasteiger partial charge in [-0.3, -0.25) is 0 Å². The van der Waals surface area contributed by atoms with Crippen LogP contribution < -0.4 is 0 Å². The first-order valence-corrected chi connectivity index (χ1v) is 12.8. The minimum absolute atomic E-state index is 0.470. The Balaban J connectivity index is 1.73. The zero-order valence-corrected chi connectivity index (χ0v) is 21.2. The number of nitriles is 1. The van der Waals surface area contributed by atoms with Crippen molar-refractivity contribution in [1.82, 2.24) is 15.0 Å². The largest absolute Gasteiger partial charge is 0.247 e. The maximum absolute atomic E-state index is 9.98. The second kappa shape index (κ2) is 9.44. The number of hydrogen-bond donors (Lipinski definition) is 0. The Bertz CT molecular complexity index is 2170. The highest BCUT2D eigenvalue weighted by molar-refractivity contribution is 6.25. The first kappa shape index (κ1) is 23.2. The third-order valence-electron chi connectivity index (χ3n) is 7.10. The smallest absolute Gasteiger partial charge is 0.197 e. The lowest BCUT2D eigenvalue weighted by atomic mass is 9.94. The normalized spacial score (nSPS) is 10.9. The molecule has 184 valence electrons. The highest BCUT2D eigenvalue weighted by Crippen LogP contribution is 2.43. The molecule has 5 heteroatoms. The number of para-hydroxylation sites is 1. The molecule has 7 rings (SSSR count). The minimum atomic E-state index is 0.470. The van der Waals surface area contributed by atoms with Gasteiger partial charge < -0.3 is 0 Å². The van der Waals surface area contributed by atoms with Gasteiger partial charge in [-0.1, -0.05) is 97.1 Å². The molecule has 0 saturated heterocycles. The summed E-state index contributed by atoms with van der Waals surface area (Å²) >= 11 is 0. The van der Waals surface area contributed by atoms with Crippen LogP contribution >= 0.6 is 0 Å². The first-order chi connectivity index (χ1) is 19.8. The summed E-state index contributed by atoms with van der Waals surface area (Å²) in [7, 11) is 0. The number of rotatable bonds is 3. The first-order valence-electron chi connectivity index (χ1n) is 12.8. The lowest BCUT2D eigenvalue weighted by molar-refractivity contribution is 1.30. The molecule has 2 heterocycles. The Labute approximate surface area is 230 Å². The molecule has 0 unspecified atom stereocenters. The monoisotopic (exact) mass is 509 g/mol. The van der Waals surface area contributed by atoms with Crippen LogP contribution in [0.4, 0.5) is 5.69 Å². The summed E-state index contributed by atoms with van der Waals surface area (Å²) in [5.74, 6) is 0. The van der Waals surface area contributed by atoms with Gasteiger partial charge in [-0.2, -0.15) is 5.26 Å². The van der Waals surface area contributed by atoms with Crippen LogP contribution in [0, 0.1) is 17.9 Å². The van der Waals surface area contributed by atoms with Gasteiger partial charge in [0.25, 0.3) is 0 Å². The van der Waals surface area contributed by atoms with Crippen molar-refractivity contribution in [1.29, 1.82) is 5.26 Å². The molecule has 0 aliphatic heterocycles. The van der Waals surface area contributed by atoms with Gasteiger partial charge >= 0.3 is 0 Å². The number of pyridine rings is 1. The fourth-order valence-electron chi connectivity index (χ4n) is 5.31. The molecule has 0 aliphatic carbocycles. The molecule has 0 spiro atoms. The van der Waals surface area contributed by atoms with Gasteiger partial charge in [0.2, 0.25) is 0 Å². The Morgan fingerprint density at radius 3 is 1.90 bits per heavy atom. The molecular weight excluding hydrogens is 490 g/mol. The zero-order valence-electron chi connectivity index (χ0n) is 21.2. The third-order valence-corrected chi connectivity index (χ3v) is 7.10. The summed E-state index contributed by atoms with van der Waals surface area (Å²) in [6.45, 7) is 8.13. The van der Waals surface area contributed by atoms with Gasteiger partial charge in [0.05, 0.1) is 51.8 Å². The molecule has 0 fully saturated rings. The molecule has 7 aromatic rings. The minimum Gasteiger partial charge on any atom is -0.247 e. The maximum atomic E-state index is 9.98. The molecular formula is C35H19N5. The Morgan fingerprint density at radius 1 is 0.600 bits per heavy atom. The van der Waals surface area contributed by atoms with E-state index < -0.39 is 0 Å². The van der Waals surface area contributed by atoms with Crippen molar-refractivity contribution >= 4 is 38.4 Å². The predicted molar refractivity (Wildman–Crippen MR) is 160 cm³/mol. The van der Waals surface area contributed by atoms with Crippen LogP contribution in [-0.4, -0.2) is 15.0 Å². The fraction of sp³-hybridized carbons (Fsp3) is 0. The van der Waals surface area contributed by atoms with Crippen LogP contribution in [0.5, 0.6) is 0 Å². The van der Waals surface area contributed by atoms with Gasteiger partial charge in [0.1, 0.15) is 0 Å². The molecule has 0 saturated carbocycles.